The van der Waals surface area contributed by atoms with Gasteiger partial charge in [0, 0.05) is 37.2 Å². The van der Waals surface area contributed by atoms with Crippen molar-refractivity contribution in [1.29, 1.82) is 0 Å². The number of aromatic nitrogens is 1. The number of rotatable bonds is 7. The summed E-state index contributed by atoms with van der Waals surface area (Å²) in [6.07, 6.45) is 1.65. The summed E-state index contributed by atoms with van der Waals surface area (Å²) in [5, 5.41) is 5.96. The highest BCUT2D eigenvalue weighted by molar-refractivity contribution is 7.09. The summed E-state index contributed by atoms with van der Waals surface area (Å²) < 4.78 is 10.1. The minimum absolute atomic E-state index is 0.0673. The lowest BCUT2D eigenvalue weighted by Crippen LogP contribution is -2.48. The number of carbonyl (C=O) groups is 2. The molecule has 1 fully saturated rings. The highest BCUT2D eigenvalue weighted by atomic mass is 32.1. The monoisotopic (exact) mass is 440 g/mol. The second kappa shape index (κ2) is 9.86. The molecule has 1 aliphatic rings. The maximum absolute atomic E-state index is 12.4. The van der Waals surface area contributed by atoms with Gasteiger partial charge >= 0.3 is 5.97 Å². The normalized spacial score (nSPS) is 15.0. The van der Waals surface area contributed by atoms with Crippen molar-refractivity contribution in [3.05, 3.63) is 58.6 Å². The number of anilines is 1. The quantitative estimate of drug-likeness (QED) is 0.565. The molecule has 3 heterocycles. The average molecular weight is 441 g/mol. The highest BCUT2D eigenvalue weighted by Gasteiger charge is 2.20. The van der Waals surface area contributed by atoms with Crippen LogP contribution >= 0.6 is 11.3 Å². The number of methoxy groups -OCH3 is 1. The smallest absolute Gasteiger partial charge is 0.337 e. The third-order valence-corrected chi connectivity index (χ3v) is 5.94. The molecule has 1 saturated heterocycles. The number of hydrogen-bond acceptors (Lipinski definition) is 8. The van der Waals surface area contributed by atoms with Crippen molar-refractivity contribution < 1.29 is 18.7 Å². The van der Waals surface area contributed by atoms with Crippen LogP contribution in [0.5, 0.6) is 0 Å². The first-order valence-electron chi connectivity index (χ1n) is 10.0. The lowest BCUT2D eigenvalue weighted by atomic mass is 10.2. The molecule has 1 N–H and O–H groups in total. The fourth-order valence-corrected chi connectivity index (χ4v) is 4.25. The van der Waals surface area contributed by atoms with Crippen LogP contribution in [-0.2, 0) is 16.1 Å². The van der Waals surface area contributed by atoms with Crippen molar-refractivity contribution in [2.24, 2.45) is 0 Å². The Bertz CT molecular complexity index is 1010. The largest absolute Gasteiger partial charge is 0.465 e. The summed E-state index contributed by atoms with van der Waals surface area (Å²) in [5.41, 5.74) is 1.99. The molecule has 0 aliphatic carbocycles. The van der Waals surface area contributed by atoms with Crippen LogP contribution < -0.4 is 5.32 Å². The van der Waals surface area contributed by atoms with E-state index in [-0.39, 0.29) is 5.91 Å². The Morgan fingerprint density at radius 3 is 2.55 bits per heavy atom. The number of furan rings is 1. The van der Waals surface area contributed by atoms with Crippen molar-refractivity contribution in [2.75, 3.05) is 45.2 Å². The lowest BCUT2D eigenvalue weighted by molar-refractivity contribution is -0.117. The van der Waals surface area contributed by atoms with Gasteiger partial charge in [0.1, 0.15) is 10.7 Å². The van der Waals surface area contributed by atoms with Gasteiger partial charge in [-0.3, -0.25) is 14.6 Å². The molecule has 8 nitrogen and oxygen atoms in total. The number of piperazine rings is 1. The molecule has 9 heteroatoms. The SMILES string of the molecule is COC(=O)c1ccc(NC(=O)CN2CCN(Cc3nc(-c4ccco4)cs3)CC2)cc1. The van der Waals surface area contributed by atoms with Crippen molar-refractivity contribution in [3.8, 4) is 11.5 Å². The molecule has 0 atom stereocenters. The van der Waals surface area contributed by atoms with E-state index in [1.165, 1.54) is 7.11 Å². The number of nitrogens with one attached hydrogen (secondary N) is 1. The zero-order valence-electron chi connectivity index (χ0n) is 17.2. The van der Waals surface area contributed by atoms with Crippen LogP contribution in [0.2, 0.25) is 0 Å². The molecular weight excluding hydrogens is 416 g/mol. The fraction of sp³-hybridized carbons (Fsp3) is 0.318. The maximum atomic E-state index is 12.4. The summed E-state index contributed by atoms with van der Waals surface area (Å²) in [5.74, 6) is 0.325. The molecule has 162 valence electrons. The number of benzene rings is 1. The van der Waals surface area contributed by atoms with E-state index >= 15 is 0 Å². The highest BCUT2D eigenvalue weighted by Crippen LogP contribution is 2.23. The van der Waals surface area contributed by atoms with Gasteiger partial charge in [-0.25, -0.2) is 9.78 Å². The Morgan fingerprint density at radius 1 is 1.13 bits per heavy atom. The van der Waals surface area contributed by atoms with Crippen LogP contribution in [0, 0.1) is 0 Å². The minimum Gasteiger partial charge on any atom is -0.465 e. The van der Waals surface area contributed by atoms with Gasteiger partial charge in [0.2, 0.25) is 5.91 Å². The first-order valence-corrected chi connectivity index (χ1v) is 10.9. The van der Waals surface area contributed by atoms with Crippen molar-refractivity contribution in [1.82, 2.24) is 14.8 Å². The average Bonchev–Trinajstić information content (AvgIpc) is 3.47. The Labute approximate surface area is 184 Å². The second-order valence-electron chi connectivity index (χ2n) is 7.27. The van der Waals surface area contributed by atoms with Gasteiger partial charge in [-0.05, 0) is 36.4 Å². The third kappa shape index (κ3) is 5.57. The van der Waals surface area contributed by atoms with E-state index in [0.29, 0.717) is 17.8 Å². The van der Waals surface area contributed by atoms with Gasteiger partial charge in [0.05, 0.1) is 32.0 Å². The number of amides is 1. The molecule has 4 rings (SSSR count). The molecule has 0 unspecified atom stereocenters. The second-order valence-corrected chi connectivity index (χ2v) is 8.22. The van der Waals surface area contributed by atoms with E-state index < -0.39 is 5.97 Å². The molecule has 1 aliphatic heterocycles. The molecule has 1 aromatic carbocycles. The standard InChI is InChI=1S/C22H24N4O4S/c1-29-22(28)16-4-6-17(7-5-16)23-20(27)13-25-8-10-26(11-9-25)14-21-24-18(15-31-21)19-3-2-12-30-19/h2-7,12,15H,8-11,13-14H2,1H3,(H,23,27). The van der Waals surface area contributed by atoms with E-state index in [0.717, 1.165) is 49.2 Å². The van der Waals surface area contributed by atoms with Gasteiger partial charge in [0.15, 0.2) is 5.76 Å². The maximum Gasteiger partial charge on any atom is 0.337 e. The van der Waals surface area contributed by atoms with Gasteiger partial charge in [0.25, 0.3) is 0 Å². The Kier molecular flexibility index (Phi) is 6.76. The van der Waals surface area contributed by atoms with Gasteiger partial charge in [-0.2, -0.15) is 0 Å². The lowest BCUT2D eigenvalue weighted by Gasteiger charge is -2.33. The molecule has 0 radical (unpaired) electrons. The predicted molar refractivity (Wildman–Crippen MR) is 118 cm³/mol. The van der Waals surface area contributed by atoms with Crippen LogP contribution in [0.25, 0.3) is 11.5 Å². The Morgan fingerprint density at radius 2 is 1.87 bits per heavy atom. The third-order valence-electron chi connectivity index (χ3n) is 5.11. The first-order chi connectivity index (χ1) is 15.1. The molecule has 0 spiro atoms. The number of nitrogens with zero attached hydrogens (tertiary/aromatic N) is 3. The van der Waals surface area contributed by atoms with E-state index in [9.17, 15) is 9.59 Å². The number of esters is 1. The molecule has 31 heavy (non-hydrogen) atoms. The zero-order valence-corrected chi connectivity index (χ0v) is 18.1. The first kappa shape index (κ1) is 21.2. The molecule has 1 amide bonds. The van der Waals surface area contributed by atoms with Crippen LogP contribution in [0.1, 0.15) is 15.4 Å². The van der Waals surface area contributed by atoms with Crippen molar-refractivity contribution in [3.63, 3.8) is 0 Å². The van der Waals surface area contributed by atoms with E-state index in [1.54, 1.807) is 41.9 Å². The van der Waals surface area contributed by atoms with Crippen LogP contribution in [-0.4, -0.2) is 66.5 Å². The Hall–Kier alpha value is -3.01. The minimum atomic E-state index is -0.398. The summed E-state index contributed by atoms with van der Waals surface area (Å²) in [7, 11) is 1.34. The molecular formula is C22H24N4O4S. The van der Waals surface area contributed by atoms with Crippen molar-refractivity contribution >= 4 is 28.9 Å². The fourth-order valence-electron chi connectivity index (χ4n) is 3.43. The number of carbonyl (C=O) groups excluding carboxylic acids is 2. The van der Waals surface area contributed by atoms with Gasteiger partial charge in [-0.15, -0.1) is 11.3 Å². The molecule has 3 aromatic rings. The Balaban J connectivity index is 1.21. The number of hydrogen-bond donors (Lipinski definition) is 1. The van der Waals surface area contributed by atoms with E-state index in [2.05, 4.69) is 24.8 Å². The van der Waals surface area contributed by atoms with Gasteiger partial charge in [-0.1, -0.05) is 0 Å². The van der Waals surface area contributed by atoms with Crippen LogP contribution in [0.4, 0.5) is 5.69 Å². The summed E-state index contributed by atoms with van der Waals surface area (Å²) in [6, 6.07) is 10.4. The summed E-state index contributed by atoms with van der Waals surface area (Å²) >= 11 is 1.64. The van der Waals surface area contributed by atoms with E-state index in [4.69, 9.17) is 4.42 Å². The summed E-state index contributed by atoms with van der Waals surface area (Å²) in [6.45, 7) is 4.56. The number of ether oxygens (including phenoxy) is 1. The van der Waals surface area contributed by atoms with Gasteiger partial charge < -0.3 is 14.5 Å². The topological polar surface area (TPSA) is 87.9 Å². The zero-order chi connectivity index (χ0) is 21.6. The van der Waals surface area contributed by atoms with E-state index in [1.807, 2.05) is 17.5 Å². The molecule has 0 saturated carbocycles. The summed E-state index contributed by atoms with van der Waals surface area (Å²) in [4.78, 5) is 33.0. The predicted octanol–water partition coefficient (Wildman–Crippen LogP) is 2.95. The molecule has 2 aromatic heterocycles. The van der Waals surface area contributed by atoms with Crippen LogP contribution in [0.3, 0.4) is 0 Å². The van der Waals surface area contributed by atoms with Crippen LogP contribution in [0.15, 0.2) is 52.5 Å². The number of thiazole rings is 1. The molecule has 0 bridgehead atoms. The van der Waals surface area contributed by atoms with Crippen molar-refractivity contribution in [2.45, 2.75) is 6.54 Å².